The summed E-state index contributed by atoms with van der Waals surface area (Å²) < 4.78 is 53.0. The number of aromatic nitrogens is 3. The molecule has 0 aliphatic heterocycles. The molecule has 0 radical (unpaired) electrons. The van der Waals surface area contributed by atoms with Gasteiger partial charge in [-0.3, -0.25) is 4.79 Å². The number of rotatable bonds is 5. The van der Waals surface area contributed by atoms with Gasteiger partial charge in [0.1, 0.15) is 15.6 Å². The first-order valence-electron chi connectivity index (χ1n) is 10.9. The first kappa shape index (κ1) is 26.7. The third-order valence-corrected chi connectivity index (χ3v) is 7.65. The van der Waals surface area contributed by atoms with Gasteiger partial charge >= 0.3 is 12.1 Å². The lowest BCUT2D eigenvalue weighted by atomic mass is 10.1. The minimum atomic E-state index is -4.83. The molecule has 0 spiro atoms. The van der Waals surface area contributed by atoms with Crippen molar-refractivity contribution >= 4 is 67.8 Å². The summed E-state index contributed by atoms with van der Waals surface area (Å²) in [5.74, 6) is -1.05. The Morgan fingerprint density at radius 1 is 1.05 bits per heavy atom. The molecule has 8 nitrogen and oxygen atoms in total. The first-order chi connectivity index (χ1) is 18.5. The number of benzene rings is 2. The second-order valence-electron chi connectivity index (χ2n) is 8.06. The highest BCUT2D eigenvalue weighted by atomic mass is 35.5. The van der Waals surface area contributed by atoms with Crippen molar-refractivity contribution in [3.8, 4) is 17.0 Å². The van der Waals surface area contributed by atoms with Gasteiger partial charge in [0.25, 0.3) is 5.91 Å². The molecule has 0 aliphatic carbocycles. The number of carbonyl (C=O) groups excluding carboxylic acids is 2. The minimum Gasteiger partial charge on any atom is -0.497 e. The summed E-state index contributed by atoms with van der Waals surface area (Å²) in [6.07, 6.45) is -4.83. The van der Waals surface area contributed by atoms with Gasteiger partial charge in [-0.25, -0.2) is 14.3 Å². The van der Waals surface area contributed by atoms with Crippen LogP contribution in [0, 0.1) is 0 Å². The molecule has 0 bridgehead atoms. The van der Waals surface area contributed by atoms with E-state index in [9.17, 15) is 22.8 Å². The van der Waals surface area contributed by atoms with Crippen LogP contribution in [0.5, 0.6) is 5.75 Å². The number of esters is 1. The van der Waals surface area contributed by atoms with E-state index < -0.39 is 29.4 Å². The number of thiophene rings is 1. The number of ether oxygens (including phenoxy) is 2. The Morgan fingerprint density at radius 3 is 2.51 bits per heavy atom. The summed E-state index contributed by atoms with van der Waals surface area (Å²) in [4.78, 5) is 29.5. The van der Waals surface area contributed by atoms with Crippen LogP contribution in [-0.4, -0.2) is 40.7 Å². The van der Waals surface area contributed by atoms with Gasteiger partial charge in [-0.1, -0.05) is 35.3 Å². The highest BCUT2D eigenvalue weighted by molar-refractivity contribution is 7.21. The van der Waals surface area contributed by atoms with Gasteiger partial charge in [0.15, 0.2) is 17.0 Å². The third-order valence-electron chi connectivity index (χ3n) is 5.66. The molecule has 3 aromatic heterocycles. The second-order valence-corrected chi connectivity index (χ2v) is 9.86. The van der Waals surface area contributed by atoms with E-state index in [1.54, 1.807) is 30.3 Å². The van der Waals surface area contributed by atoms with Crippen LogP contribution >= 0.6 is 34.5 Å². The number of amides is 1. The highest BCUT2D eigenvalue weighted by Crippen LogP contribution is 2.38. The van der Waals surface area contributed by atoms with Crippen molar-refractivity contribution in [2.45, 2.75) is 6.18 Å². The average molecular weight is 595 g/mol. The van der Waals surface area contributed by atoms with Crippen LogP contribution < -0.4 is 10.1 Å². The SMILES string of the molecule is COC(=O)c1sc2cc(NC(=O)c3nn4c(C(F)(F)F)cc(-c5cccc(OC)c5)nc4c3Cl)ccc2c1Cl. The molecular formula is C25H15Cl2F3N4O4S. The first-order valence-corrected chi connectivity index (χ1v) is 12.5. The number of hydrogen-bond acceptors (Lipinski definition) is 7. The topological polar surface area (TPSA) is 94.8 Å². The van der Waals surface area contributed by atoms with E-state index in [-0.39, 0.29) is 32.0 Å². The maximum atomic E-state index is 14.0. The zero-order chi connectivity index (χ0) is 28.1. The normalized spacial score (nSPS) is 11.7. The van der Waals surface area contributed by atoms with Gasteiger partial charge in [-0.15, -0.1) is 11.3 Å². The molecule has 0 atom stereocenters. The lowest BCUT2D eigenvalue weighted by molar-refractivity contribution is -0.142. The summed E-state index contributed by atoms with van der Waals surface area (Å²) in [6.45, 7) is 0. The van der Waals surface area contributed by atoms with Crippen LogP contribution in [0.1, 0.15) is 25.9 Å². The van der Waals surface area contributed by atoms with Gasteiger partial charge in [0.05, 0.1) is 24.9 Å². The molecule has 0 aliphatic rings. The number of carbonyl (C=O) groups is 2. The van der Waals surface area contributed by atoms with Gasteiger partial charge < -0.3 is 14.8 Å². The molecule has 0 saturated carbocycles. The van der Waals surface area contributed by atoms with Crippen molar-refractivity contribution in [3.05, 3.63) is 74.8 Å². The molecule has 5 rings (SSSR count). The number of methoxy groups -OCH3 is 2. The Labute approximate surface area is 231 Å². The van der Waals surface area contributed by atoms with E-state index in [0.29, 0.717) is 25.9 Å². The zero-order valence-corrected chi connectivity index (χ0v) is 22.2. The molecule has 0 unspecified atom stereocenters. The van der Waals surface area contributed by atoms with Gasteiger partial charge in [-0.05, 0) is 36.4 Å². The van der Waals surface area contributed by atoms with Crippen molar-refractivity contribution in [1.29, 1.82) is 0 Å². The fourth-order valence-electron chi connectivity index (χ4n) is 3.83. The molecule has 5 aromatic rings. The maximum Gasteiger partial charge on any atom is 0.433 e. The van der Waals surface area contributed by atoms with Gasteiger partial charge in [0.2, 0.25) is 0 Å². The van der Waals surface area contributed by atoms with Gasteiger partial charge in [0, 0.05) is 21.3 Å². The number of halogens is 5. The Hall–Kier alpha value is -3.87. The number of nitrogens with one attached hydrogen (secondary N) is 1. The summed E-state index contributed by atoms with van der Waals surface area (Å²) in [5.41, 5.74) is -1.40. The van der Waals surface area contributed by atoms with Crippen LogP contribution in [0.3, 0.4) is 0 Å². The van der Waals surface area contributed by atoms with Crippen LogP contribution in [0.15, 0.2) is 48.5 Å². The summed E-state index contributed by atoms with van der Waals surface area (Å²) in [5, 5.41) is 6.82. The number of anilines is 1. The largest absolute Gasteiger partial charge is 0.497 e. The molecule has 1 amide bonds. The van der Waals surface area contributed by atoms with Crippen molar-refractivity contribution in [3.63, 3.8) is 0 Å². The molecule has 1 N–H and O–H groups in total. The summed E-state index contributed by atoms with van der Waals surface area (Å²) in [7, 11) is 2.66. The molecule has 0 saturated heterocycles. The van der Waals surface area contributed by atoms with E-state index in [0.717, 1.165) is 17.4 Å². The number of alkyl halides is 3. The second kappa shape index (κ2) is 10.0. The van der Waals surface area contributed by atoms with Gasteiger partial charge in [-0.2, -0.15) is 18.3 Å². The third kappa shape index (κ3) is 4.86. The Balaban J connectivity index is 1.55. The number of nitrogens with zero attached hydrogens (tertiary/aromatic N) is 3. The van der Waals surface area contributed by atoms with Crippen LogP contribution in [0.25, 0.3) is 27.0 Å². The molecule has 0 fully saturated rings. The highest BCUT2D eigenvalue weighted by Gasteiger charge is 2.37. The molecule has 3 heterocycles. The van der Waals surface area contributed by atoms with E-state index in [1.165, 1.54) is 26.4 Å². The molecule has 39 heavy (non-hydrogen) atoms. The predicted molar refractivity (Wildman–Crippen MR) is 141 cm³/mol. The maximum absolute atomic E-state index is 14.0. The van der Waals surface area contributed by atoms with E-state index >= 15 is 0 Å². The smallest absolute Gasteiger partial charge is 0.433 e. The van der Waals surface area contributed by atoms with E-state index in [2.05, 4.69) is 15.4 Å². The fourth-order valence-corrected chi connectivity index (χ4v) is 5.54. The van der Waals surface area contributed by atoms with E-state index in [1.807, 2.05) is 0 Å². The minimum absolute atomic E-state index is 0.0380. The summed E-state index contributed by atoms with van der Waals surface area (Å²) >= 11 is 13.7. The average Bonchev–Trinajstić information content (AvgIpc) is 3.43. The predicted octanol–water partition coefficient (Wildman–Crippen LogP) is 6.98. The van der Waals surface area contributed by atoms with Crippen molar-refractivity contribution in [2.75, 3.05) is 19.5 Å². The number of fused-ring (bicyclic) bond motifs is 2. The van der Waals surface area contributed by atoms with Crippen LogP contribution in [0.2, 0.25) is 10.0 Å². The lowest BCUT2D eigenvalue weighted by Crippen LogP contribution is -2.15. The van der Waals surface area contributed by atoms with Crippen molar-refractivity contribution in [1.82, 2.24) is 14.6 Å². The molecule has 14 heteroatoms. The van der Waals surface area contributed by atoms with Crippen molar-refractivity contribution in [2.24, 2.45) is 0 Å². The van der Waals surface area contributed by atoms with Crippen molar-refractivity contribution < 1.29 is 32.2 Å². The molecular weight excluding hydrogens is 580 g/mol. The van der Waals surface area contributed by atoms with Crippen LogP contribution in [-0.2, 0) is 10.9 Å². The number of hydrogen-bond donors (Lipinski definition) is 1. The Kier molecular flexibility index (Phi) is 6.87. The molecule has 2 aromatic carbocycles. The zero-order valence-electron chi connectivity index (χ0n) is 19.9. The van der Waals surface area contributed by atoms with E-state index in [4.69, 9.17) is 32.7 Å². The Morgan fingerprint density at radius 2 is 1.82 bits per heavy atom. The quantitative estimate of drug-likeness (QED) is 0.220. The Bertz CT molecular complexity index is 1790. The fraction of sp³-hybridized carbons (Fsp3) is 0.120. The standard InChI is InChI=1S/C25H15Cl2F3N4O4S/c1-37-13-5-3-4-11(8-13)15-10-17(25(28,29)30)34-22(32-15)19(27)20(33-34)23(35)31-12-6-7-14-16(9-12)39-21(18(14)26)24(36)38-2/h3-10H,1-2H3,(H,31,35). The molecule has 200 valence electrons. The lowest BCUT2D eigenvalue weighted by Gasteiger charge is -2.11. The monoisotopic (exact) mass is 594 g/mol. The van der Waals surface area contributed by atoms with Crippen LogP contribution in [0.4, 0.5) is 18.9 Å². The summed E-state index contributed by atoms with van der Waals surface area (Å²) in [6, 6.07) is 11.8.